The molecular weight excluding hydrogens is 449 g/mol. The van der Waals surface area contributed by atoms with Gasteiger partial charge in [-0.1, -0.05) is 12.1 Å². The average molecular weight is 482 g/mol. The molecule has 2 fully saturated rings. The van der Waals surface area contributed by atoms with E-state index < -0.39 is 23.9 Å². The monoisotopic (exact) mass is 481 g/mol. The normalized spacial score (nSPS) is 22.1. The Labute approximate surface area is 204 Å². The Morgan fingerprint density at radius 3 is 2.34 bits per heavy atom. The topological polar surface area (TPSA) is 108 Å². The van der Waals surface area contributed by atoms with Crippen molar-refractivity contribution in [2.75, 3.05) is 18.4 Å². The third-order valence-corrected chi connectivity index (χ3v) is 6.88. The maximum absolute atomic E-state index is 13.6. The van der Waals surface area contributed by atoms with Gasteiger partial charge in [0, 0.05) is 36.4 Å². The van der Waals surface area contributed by atoms with Gasteiger partial charge < -0.3 is 21.3 Å². The Balaban J connectivity index is 1.57. The minimum absolute atomic E-state index is 0.0606. The predicted octanol–water partition coefficient (Wildman–Crippen LogP) is 3.14. The molecule has 4 amide bonds. The number of rotatable bonds is 4. The smallest absolute Gasteiger partial charge is 0.323 e. The van der Waals surface area contributed by atoms with Crippen molar-refractivity contribution in [3.8, 4) is 0 Å². The standard InChI is InChI=1S/C26H32FN5O3/c1-16-6-7-18(14-17(16)2)25(34)31-12-13-32(26(35)30-22-5-3-4-19(27)15-22)24(31)23(33)29-21-10-8-20(28)9-11-21/h3-7,14-15,20-21,24H,8-13,28H2,1-2H3,(H,29,33)(H,30,35). The van der Waals surface area contributed by atoms with Gasteiger partial charge in [-0.25, -0.2) is 9.18 Å². The molecule has 0 spiro atoms. The molecule has 8 nitrogen and oxygen atoms in total. The lowest BCUT2D eigenvalue weighted by atomic mass is 9.92. The summed E-state index contributed by atoms with van der Waals surface area (Å²) < 4.78 is 13.6. The SMILES string of the molecule is Cc1ccc(C(=O)N2CCN(C(=O)Nc3cccc(F)c3)C2C(=O)NC2CCC(N)CC2)cc1C. The minimum atomic E-state index is -1.12. The Hall–Kier alpha value is -3.46. The van der Waals surface area contributed by atoms with Gasteiger partial charge in [-0.15, -0.1) is 0 Å². The zero-order valence-electron chi connectivity index (χ0n) is 20.1. The molecule has 4 rings (SSSR count). The largest absolute Gasteiger partial charge is 0.350 e. The van der Waals surface area contributed by atoms with E-state index in [1.165, 1.54) is 28.0 Å². The lowest BCUT2D eigenvalue weighted by Crippen LogP contribution is -2.56. The van der Waals surface area contributed by atoms with Crippen molar-refractivity contribution in [3.05, 3.63) is 65.0 Å². The fourth-order valence-electron chi connectivity index (χ4n) is 4.68. The number of nitrogens with one attached hydrogen (secondary N) is 2. The molecule has 0 bridgehead atoms. The molecule has 2 aromatic carbocycles. The van der Waals surface area contributed by atoms with E-state index in [0.717, 1.165) is 36.8 Å². The zero-order chi connectivity index (χ0) is 25.1. The van der Waals surface area contributed by atoms with Gasteiger partial charge in [0.05, 0.1) is 0 Å². The Morgan fingerprint density at radius 1 is 0.943 bits per heavy atom. The van der Waals surface area contributed by atoms with Crippen molar-refractivity contribution < 1.29 is 18.8 Å². The molecule has 4 N–H and O–H groups in total. The molecule has 0 aromatic heterocycles. The summed E-state index contributed by atoms with van der Waals surface area (Å²) in [6, 6.07) is 10.4. The molecule has 9 heteroatoms. The van der Waals surface area contributed by atoms with E-state index in [-0.39, 0.29) is 36.8 Å². The van der Waals surface area contributed by atoms with Crippen LogP contribution in [0.2, 0.25) is 0 Å². The summed E-state index contributed by atoms with van der Waals surface area (Å²) in [7, 11) is 0. The number of anilines is 1. The number of hydrogen-bond donors (Lipinski definition) is 3. The van der Waals surface area contributed by atoms with Gasteiger partial charge in [-0.3, -0.25) is 14.5 Å². The summed E-state index contributed by atoms with van der Waals surface area (Å²) in [4.78, 5) is 42.8. The van der Waals surface area contributed by atoms with Crippen molar-refractivity contribution in [2.24, 2.45) is 5.73 Å². The highest BCUT2D eigenvalue weighted by atomic mass is 19.1. The molecule has 1 aliphatic carbocycles. The molecule has 1 aliphatic heterocycles. The van der Waals surface area contributed by atoms with E-state index in [1.54, 1.807) is 18.2 Å². The van der Waals surface area contributed by atoms with Crippen molar-refractivity contribution in [3.63, 3.8) is 0 Å². The van der Waals surface area contributed by atoms with Gasteiger partial charge in [-0.2, -0.15) is 0 Å². The summed E-state index contributed by atoms with van der Waals surface area (Å²) in [6.45, 7) is 4.26. The number of amides is 4. The van der Waals surface area contributed by atoms with Crippen LogP contribution in [-0.2, 0) is 4.79 Å². The van der Waals surface area contributed by atoms with Crippen LogP contribution in [0.25, 0.3) is 0 Å². The number of carbonyl (C=O) groups is 3. The lowest BCUT2D eigenvalue weighted by Gasteiger charge is -2.32. The van der Waals surface area contributed by atoms with Gasteiger partial charge in [0.2, 0.25) is 0 Å². The van der Waals surface area contributed by atoms with Crippen LogP contribution < -0.4 is 16.4 Å². The number of nitrogens with two attached hydrogens (primary N) is 1. The predicted molar refractivity (Wildman–Crippen MR) is 131 cm³/mol. The Bertz CT molecular complexity index is 1120. The first kappa shape index (κ1) is 24.7. The zero-order valence-corrected chi connectivity index (χ0v) is 20.1. The second kappa shape index (κ2) is 10.4. The first-order valence-corrected chi connectivity index (χ1v) is 12.0. The molecule has 0 radical (unpaired) electrons. The highest BCUT2D eigenvalue weighted by Gasteiger charge is 2.43. The van der Waals surface area contributed by atoms with E-state index in [4.69, 9.17) is 5.73 Å². The van der Waals surface area contributed by atoms with Crippen LogP contribution >= 0.6 is 0 Å². The fourth-order valence-corrected chi connectivity index (χ4v) is 4.68. The summed E-state index contributed by atoms with van der Waals surface area (Å²) in [6.07, 6.45) is 2.00. The molecule has 35 heavy (non-hydrogen) atoms. The van der Waals surface area contributed by atoms with Crippen molar-refractivity contribution >= 4 is 23.5 Å². The van der Waals surface area contributed by atoms with E-state index >= 15 is 0 Å². The van der Waals surface area contributed by atoms with E-state index in [9.17, 15) is 18.8 Å². The fraction of sp³-hybridized carbons (Fsp3) is 0.423. The second-order valence-corrected chi connectivity index (χ2v) is 9.43. The quantitative estimate of drug-likeness (QED) is 0.624. The number of benzene rings is 2. The second-order valence-electron chi connectivity index (χ2n) is 9.43. The Kier molecular flexibility index (Phi) is 7.35. The number of hydrogen-bond acceptors (Lipinski definition) is 4. The van der Waals surface area contributed by atoms with Gasteiger partial charge in [-0.05, 0) is 81.0 Å². The van der Waals surface area contributed by atoms with Crippen molar-refractivity contribution in [1.29, 1.82) is 0 Å². The highest BCUT2D eigenvalue weighted by Crippen LogP contribution is 2.23. The van der Waals surface area contributed by atoms with Crippen LogP contribution in [0.3, 0.4) is 0 Å². The summed E-state index contributed by atoms with van der Waals surface area (Å²) >= 11 is 0. The molecule has 1 heterocycles. The van der Waals surface area contributed by atoms with E-state index in [1.807, 2.05) is 19.9 Å². The Morgan fingerprint density at radius 2 is 1.66 bits per heavy atom. The van der Waals surface area contributed by atoms with E-state index in [2.05, 4.69) is 10.6 Å². The van der Waals surface area contributed by atoms with Crippen LogP contribution in [0.15, 0.2) is 42.5 Å². The number of aryl methyl sites for hydroxylation is 2. The molecule has 1 saturated carbocycles. The van der Waals surface area contributed by atoms with Crippen molar-refractivity contribution in [2.45, 2.75) is 57.8 Å². The van der Waals surface area contributed by atoms with E-state index in [0.29, 0.717) is 5.56 Å². The van der Waals surface area contributed by atoms with Crippen LogP contribution in [-0.4, -0.2) is 59.0 Å². The molecule has 1 saturated heterocycles. The molecule has 2 aliphatic rings. The summed E-state index contributed by atoms with van der Waals surface area (Å²) in [5.41, 5.74) is 8.75. The average Bonchev–Trinajstić information content (AvgIpc) is 3.27. The maximum Gasteiger partial charge on any atom is 0.323 e. The number of halogens is 1. The van der Waals surface area contributed by atoms with Crippen LogP contribution in [0.5, 0.6) is 0 Å². The molecular formula is C26H32FN5O3. The molecule has 2 aromatic rings. The third-order valence-electron chi connectivity index (χ3n) is 6.88. The number of nitrogens with zero attached hydrogens (tertiary/aromatic N) is 2. The molecule has 186 valence electrons. The molecule has 1 atom stereocenters. The number of urea groups is 1. The van der Waals surface area contributed by atoms with Crippen LogP contribution in [0.4, 0.5) is 14.9 Å². The summed E-state index contributed by atoms with van der Waals surface area (Å²) in [5, 5.41) is 5.67. The van der Waals surface area contributed by atoms with Gasteiger partial charge in [0.15, 0.2) is 6.17 Å². The highest BCUT2D eigenvalue weighted by molar-refractivity contribution is 6.00. The van der Waals surface area contributed by atoms with Gasteiger partial charge in [0.1, 0.15) is 5.82 Å². The first-order valence-electron chi connectivity index (χ1n) is 12.0. The van der Waals surface area contributed by atoms with Gasteiger partial charge in [0.25, 0.3) is 11.8 Å². The number of carbonyl (C=O) groups excluding carboxylic acids is 3. The molecule has 1 unspecified atom stereocenters. The van der Waals surface area contributed by atoms with Gasteiger partial charge >= 0.3 is 6.03 Å². The van der Waals surface area contributed by atoms with Crippen LogP contribution in [0.1, 0.15) is 47.2 Å². The maximum atomic E-state index is 13.6. The third kappa shape index (κ3) is 5.62. The minimum Gasteiger partial charge on any atom is -0.350 e. The first-order chi connectivity index (χ1) is 16.7. The van der Waals surface area contributed by atoms with Crippen molar-refractivity contribution in [1.82, 2.24) is 15.1 Å². The van der Waals surface area contributed by atoms with Crippen LogP contribution in [0, 0.1) is 19.7 Å². The lowest BCUT2D eigenvalue weighted by molar-refractivity contribution is -0.128. The summed E-state index contributed by atoms with van der Waals surface area (Å²) in [5.74, 6) is -1.21.